The molecule has 0 saturated heterocycles. The molecule has 18 heavy (non-hydrogen) atoms. The standard InChI is InChI=1S/C13H20N2O3/c1-16-10-6-9(15-8-13(14)4-5-13)7-11(17-2)12(10)18-3/h6-7,15H,4-5,8,14H2,1-3H3. The molecule has 0 heterocycles. The number of anilines is 1. The maximum absolute atomic E-state index is 6.04. The molecule has 0 aromatic heterocycles. The summed E-state index contributed by atoms with van der Waals surface area (Å²) in [7, 11) is 4.80. The fraction of sp³-hybridized carbons (Fsp3) is 0.538. The van der Waals surface area contributed by atoms with E-state index < -0.39 is 0 Å². The van der Waals surface area contributed by atoms with Crippen LogP contribution in [0.3, 0.4) is 0 Å². The van der Waals surface area contributed by atoms with Crippen molar-refractivity contribution in [2.75, 3.05) is 33.2 Å². The van der Waals surface area contributed by atoms with Crippen molar-refractivity contribution in [3.8, 4) is 17.2 Å². The second kappa shape index (κ2) is 4.94. The van der Waals surface area contributed by atoms with E-state index in [0.717, 1.165) is 25.1 Å². The summed E-state index contributed by atoms with van der Waals surface area (Å²) in [6, 6.07) is 3.76. The van der Waals surface area contributed by atoms with E-state index in [1.165, 1.54) is 0 Å². The van der Waals surface area contributed by atoms with Gasteiger partial charge < -0.3 is 25.3 Å². The van der Waals surface area contributed by atoms with E-state index in [-0.39, 0.29) is 5.54 Å². The minimum atomic E-state index is -0.0413. The molecule has 1 saturated carbocycles. The molecule has 3 N–H and O–H groups in total. The molecule has 1 aliphatic carbocycles. The molecule has 0 spiro atoms. The third-order valence-electron chi connectivity index (χ3n) is 3.20. The second-order valence-corrected chi connectivity index (χ2v) is 4.63. The lowest BCUT2D eigenvalue weighted by Crippen LogP contribution is -2.31. The van der Waals surface area contributed by atoms with Gasteiger partial charge >= 0.3 is 0 Å². The van der Waals surface area contributed by atoms with Gasteiger partial charge in [0.05, 0.1) is 21.3 Å². The molecule has 0 aliphatic heterocycles. The first-order chi connectivity index (χ1) is 8.61. The van der Waals surface area contributed by atoms with E-state index in [4.69, 9.17) is 19.9 Å². The fourth-order valence-electron chi connectivity index (χ4n) is 1.80. The highest BCUT2D eigenvalue weighted by Gasteiger charge is 2.37. The molecule has 0 bridgehead atoms. The monoisotopic (exact) mass is 252 g/mol. The highest BCUT2D eigenvalue weighted by atomic mass is 16.5. The molecular weight excluding hydrogens is 232 g/mol. The second-order valence-electron chi connectivity index (χ2n) is 4.63. The maximum Gasteiger partial charge on any atom is 0.203 e. The Balaban J connectivity index is 2.19. The van der Waals surface area contributed by atoms with Crippen molar-refractivity contribution in [1.29, 1.82) is 0 Å². The quantitative estimate of drug-likeness (QED) is 0.805. The molecule has 1 aromatic carbocycles. The summed E-state index contributed by atoms with van der Waals surface area (Å²) in [5.41, 5.74) is 6.92. The number of rotatable bonds is 6. The van der Waals surface area contributed by atoms with Gasteiger partial charge in [0.15, 0.2) is 11.5 Å². The van der Waals surface area contributed by atoms with Crippen LogP contribution in [0.25, 0.3) is 0 Å². The Bertz CT molecular complexity index is 405. The first kappa shape index (κ1) is 12.8. The van der Waals surface area contributed by atoms with E-state index in [9.17, 15) is 0 Å². The molecule has 0 unspecified atom stereocenters. The van der Waals surface area contributed by atoms with Gasteiger partial charge in [-0.3, -0.25) is 0 Å². The Morgan fingerprint density at radius 3 is 2.06 bits per heavy atom. The summed E-state index contributed by atoms with van der Waals surface area (Å²) in [6.45, 7) is 0.756. The number of hydrogen-bond donors (Lipinski definition) is 2. The molecular formula is C13H20N2O3. The fourth-order valence-corrected chi connectivity index (χ4v) is 1.80. The lowest BCUT2D eigenvalue weighted by molar-refractivity contribution is 0.324. The van der Waals surface area contributed by atoms with Crippen molar-refractivity contribution in [3.63, 3.8) is 0 Å². The maximum atomic E-state index is 6.04. The smallest absolute Gasteiger partial charge is 0.203 e. The summed E-state index contributed by atoms with van der Waals surface area (Å²) in [5, 5.41) is 3.31. The first-order valence-electron chi connectivity index (χ1n) is 5.94. The SMILES string of the molecule is COc1cc(NCC2(N)CC2)cc(OC)c1OC. The zero-order chi connectivity index (χ0) is 13.2. The van der Waals surface area contributed by atoms with Crippen LogP contribution >= 0.6 is 0 Å². The Morgan fingerprint density at radius 2 is 1.67 bits per heavy atom. The van der Waals surface area contributed by atoms with Crippen LogP contribution in [0.4, 0.5) is 5.69 Å². The average Bonchev–Trinajstić information content (AvgIpc) is 3.13. The van der Waals surface area contributed by atoms with Crippen LogP contribution < -0.4 is 25.3 Å². The molecule has 100 valence electrons. The van der Waals surface area contributed by atoms with Gasteiger partial charge in [0.25, 0.3) is 0 Å². The van der Waals surface area contributed by atoms with Crippen molar-refractivity contribution in [2.24, 2.45) is 5.73 Å². The molecule has 1 aromatic rings. The van der Waals surface area contributed by atoms with Crippen LogP contribution in [0.2, 0.25) is 0 Å². The third-order valence-corrected chi connectivity index (χ3v) is 3.20. The van der Waals surface area contributed by atoms with Gasteiger partial charge in [0, 0.05) is 29.9 Å². The highest BCUT2D eigenvalue weighted by Crippen LogP contribution is 2.40. The Kier molecular flexibility index (Phi) is 3.52. The van der Waals surface area contributed by atoms with Gasteiger partial charge in [-0.2, -0.15) is 0 Å². The Morgan fingerprint density at radius 1 is 1.11 bits per heavy atom. The molecule has 5 heteroatoms. The molecule has 0 atom stereocenters. The van der Waals surface area contributed by atoms with Crippen LogP contribution in [0.5, 0.6) is 17.2 Å². The van der Waals surface area contributed by atoms with E-state index in [1.807, 2.05) is 12.1 Å². The van der Waals surface area contributed by atoms with Crippen molar-refractivity contribution in [3.05, 3.63) is 12.1 Å². The minimum absolute atomic E-state index is 0.0413. The number of methoxy groups -OCH3 is 3. The van der Waals surface area contributed by atoms with Gasteiger partial charge in [0.1, 0.15) is 0 Å². The molecule has 0 amide bonds. The van der Waals surface area contributed by atoms with E-state index in [2.05, 4.69) is 5.32 Å². The van der Waals surface area contributed by atoms with Crippen LogP contribution in [-0.4, -0.2) is 33.4 Å². The van der Waals surface area contributed by atoms with Crippen LogP contribution in [-0.2, 0) is 0 Å². The molecule has 0 radical (unpaired) electrons. The predicted molar refractivity (Wildman–Crippen MR) is 70.7 cm³/mol. The summed E-state index contributed by atoms with van der Waals surface area (Å²) < 4.78 is 15.8. The summed E-state index contributed by atoms with van der Waals surface area (Å²) in [5.74, 6) is 1.88. The van der Waals surface area contributed by atoms with Crippen molar-refractivity contribution in [2.45, 2.75) is 18.4 Å². The number of nitrogens with one attached hydrogen (secondary N) is 1. The normalized spacial score (nSPS) is 16.0. The average molecular weight is 252 g/mol. The number of hydrogen-bond acceptors (Lipinski definition) is 5. The zero-order valence-electron chi connectivity index (χ0n) is 11.1. The van der Waals surface area contributed by atoms with Crippen molar-refractivity contribution >= 4 is 5.69 Å². The Hall–Kier alpha value is -1.62. The molecule has 5 nitrogen and oxygen atoms in total. The van der Waals surface area contributed by atoms with Gasteiger partial charge in [-0.1, -0.05) is 0 Å². The first-order valence-corrected chi connectivity index (χ1v) is 5.94. The topological polar surface area (TPSA) is 65.7 Å². The predicted octanol–water partition coefficient (Wildman–Crippen LogP) is 1.62. The number of nitrogens with two attached hydrogens (primary N) is 1. The highest BCUT2D eigenvalue weighted by molar-refractivity contribution is 5.62. The lowest BCUT2D eigenvalue weighted by Gasteiger charge is -2.16. The Labute approximate surface area is 107 Å². The summed E-state index contributed by atoms with van der Waals surface area (Å²) in [4.78, 5) is 0. The molecule has 2 rings (SSSR count). The molecule has 1 aliphatic rings. The number of benzene rings is 1. The van der Waals surface area contributed by atoms with E-state index >= 15 is 0 Å². The zero-order valence-corrected chi connectivity index (χ0v) is 11.1. The van der Waals surface area contributed by atoms with Gasteiger partial charge in [-0.25, -0.2) is 0 Å². The minimum Gasteiger partial charge on any atom is -0.493 e. The van der Waals surface area contributed by atoms with Crippen molar-refractivity contribution < 1.29 is 14.2 Å². The largest absolute Gasteiger partial charge is 0.493 e. The third kappa shape index (κ3) is 2.61. The van der Waals surface area contributed by atoms with Crippen LogP contribution in [0.15, 0.2) is 12.1 Å². The number of ether oxygens (including phenoxy) is 3. The van der Waals surface area contributed by atoms with Gasteiger partial charge in [-0.15, -0.1) is 0 Å². The van der Waals surface area contributed by atoms with Gasteiger partial charge in [0.2, 0.25) is 5.75 Å². The summed E-state index contributed by atoms with van der Waals surface area (Å²) >= 11 is 0. The molecule has 1 fully saturated rings. The van der Waals surface area contributed by atoms with Crippen LogP contribution in [0.1, 0.15) is 12.8 Å². The lowest BCUT2D eigenvalue weighted by atomic mass is 10.2. The summed E-state index contributed by atoms with van der Waals surface area (Å²) in [6.07, 6.45) is 2.15. The van der Waals surface area contributed by atoms with Crippen LogP contribution in [0, 0.1) is 0 Å². The van der Waals surface area contributed by atoms with Crippen molar-refractivity contribution in [1.82, 2.24) is 0 Å². The van der Waals surface area contributed by atoms with E-state index in [1.54, 1.807) is 21.3 Å². The van der Waals surface area contributed by atoms with E-state index in [0.29, 0.717) is 17.2 Å². The van der Waals surface area contributed by atoms with Gasteiger partial charge in [-0.05, 0) is 12.8 Å².